The van der Waals surface area contributed by atoms with Crippen molar-refractivity contribution in [3.8, 4) is 12.3 Å². The first-order chi connectivity index (χ1) is 12.9. The van der Waals surface area contributed by atoms with Crippen LogP contribution in [0.15, 0.2) is 51.7 Å². The van der Waals surface area contributed by atoms with E-state index in [0.717, 1.165) is 14.6 Å². The van der Waals surface area contributed by atoms with Crippen LogP contribution in [0.5, 0.6) is 0 Å². The number of terminal acetylenes is 1. The molecule has 27 heavy (non-hydrogen) atoms. The van der Waals surface area contributed by atoms with Gasteiger partial charge >= 0.3 is 0 Å². The van der Waals surface area contributed by atoms with Crippen molar-refractivity contribution in [1.82, 2.24) is 9.71 Å². The van der Waals surface area contributed by atoms with E-state index in [2.05, 4.69) is 20.9 Å². The smallest absolute Gasteiger partial charge is 0.255 e. The molecule has 0 aliphatic heterocycles. The van der Waals surface area contributed by atoms with Gasteiger partial charge in [0.25, 0.3) is 5.91 Å². The van der Waals surface area contributed by atoms with E-state index in [1.165, 1.54) is 18.2 Å². The van der Waals surface area contributed by atoms with E-state index in [9.17, 15) is 13.2 Å². The summed E-state index contributed by atoms with van der Waals surface area (Å²) in [4.78, 5) is 17.0. The quantitative estimate of drug-likeness (QED) is 0.475. The van der Waals surface area contributed by atoms with Gasteiger partial charge in [-0.1, -0.05) is 23.7 Å². The standard InChI is InChI=1S/C18H15N3O3S3/c1-3-9-19-27(23,24)14-6-4-5-12(10-14)17(22)20-13-7-8-15-16(11-13)26-18(21-15)25-2/h1,4-8,10-11,19H,9H2,2H3,(H,20,22). The zero-order valence-corrected chi connectivity index (χ0v) is 16.7. The van der Waals surface area contributed by atoms with Gasteiger partial charge in [-0.15, -0.1) is 17.8 Å². The van der Waals surface area contributed by atoms with Crippen LogP contribution in [-0.4, -0.2) is 32.1 Å². The molecule has 2 aromatic carbocycles. The van der Waals surface area contributed by atoms with Gasteiger partial charge < -0.3 is 5.32 Å². The van der Waals surface area contributed by atoms with E-state index in [1.807, 2.05) is 18.4 Å². The number of fused-ring (bicyclic) bond motifs is 1. The molecule has 1 amide bonds. The number of hydrogen-bond acceptors (Lipinski definition) is 6. The Kier molecular flexibility index (Phi) is 5.82. The van der Waals surface area contributed by atoms with Crippen molar-refractivity contribution in [3.63, 3.8) is 0 Å². The number of nitrogens with zero attached hydrogens (tertiary/aromatic N) is 1. The number of rotatable bonds is 6. The molecule has 0 fully saturated rings. The van der Waals surface area contributed by atoms with E-state index < -0.39 is 15.9 Å². The highest BCUT2D eigenvalue weighted by atomic mass is 32.2. The monoisotopic (exact) mass is 417 g/mol. The van der Waals surface area contributed by atoms with Crippen molar-refractivity contribution < 1.29 is 13.2 Å². The van der Waals surface area contributed by atoms with Crippen LogP contribution in [0.4, 0.5) is 5.69 Å². The summed E-state index contributed by atoms with van der Waals surface area (Å²) in [5, 5.41) is 2.79. The van der Waals surface area contributed by atoms with Crippen LogP contribution < -0.4 is 10.0 Å². The molecule has 0 bridgehead atoms. The van der Waals surface area contributed by atoms with Crippen molar-refractivity contribution in [1.29, 1.82) is 0 Å². The zero-order valence-electron chi connectivity index (χ0n) is 14.2. The molecule has 0 aliphatic rings. The summed E-state index contributed by atoms with van der Waals surface area (Å²) >= 11 is 3.11. The van der Waals surface area contributed by atoms with E-state index in [4.69, 9.17) is 6.42 Å². The number of carbonyl (C=O) groups is 1. The third kappa shape index (κ3) is 4.48. The second kappa shape index (κ2) is 8.10. The molecular weight excluding hydrogens is 402 g/mol. The van der Waals surface area contributed by atoms with Crippen molar-refractivity contribution in [2.75, 3.05) is 18.1 Å². The predicted molar refractivity (Wildman–Crippen MR) is 110 cm³/mol. The molecule has 138 valence electrons. The van der Waals surface area contributed by atoms with Gasteiger partial charge in [0.15, 0.2) is 4.34 Å². The number of hydrogen-bond donors (Lipinski definition) is 2. The normalized spacial score (nSPS) is 11.3. The van der Waals surface area contributed by atoms with Gasteiger partial charge in [-0.3, -0.25) is 4.79 Å². The molecule has 2 N–H and O–H groups in total. The van der Waals surface area contributed by atoms with E-state index in [1.54, 1.807) is 35.2 Å². The Morgan fingerprint density at radius 3 is 2.85 bits per heavy atom. The van der Waals surface area contributed by atoms with Crippen LogP contribution in [0.1, 0.15) is 10.4 Å². The third-order valence-electron chi connectivity index (χ3n) is 3.57. The zero-order chi connectivity index (χ0) is 19.4. The summed E-state index contributed by atoms with van der Waals surface area (Å²) < 4.78 is 28.5. The molecule has 0 saturated carbocycles. The van der Waals surface area contributed by atoms with Crippen LogP contribution >= 0.6 is 23.1 Å². The fraction of sp³-hybridized carbons (Fsp3) is 0.111. The number of amides is 1. The Balaban J connectivity index is 1.82. The van der Waals surface area contributed by atoms with Gasteiger partial charge in [0.1, 0.15) is 0 Å². The predicted octanol–water partition coefficient (Wildman–Crippen LogP) is 3.18. The number of anilines is 1. The molecule has 0 saturated heterocycles. The van der Waals surface area contributed by atoms with Gasteiger partial charge in [0.2, 0.25) is 10.0 Å². The Morgan fingerprint density at radius 2 is 2.11 bits per heavy atom. The minimum Gasteiger partial charge on any atom is -0.322 e. The number of benzene rings is 2. The molecule has 3 rings (SSSR count). The van der Waals surface area contributed by atoms with Crippen LogP contribution in [0.3, 0.4) is 0 Å². The first-order valence-corrected chi connectivity index (χ1v) is 11.2. The summed E-state index contributed by atoms with van der Waals surface area (Å²) in [6, 6.07) is 11.2. The second-order valence-electron chi connectivity index (χ2n) is 5.38. The molecule has 1 aromatic heterocycles. The number of aromatic nitrogens is 1. The van der Waals surface area contributed by atoms with Crippen LogP contribution in [0, 0.1) is 12.3 Å². The van der Waals surface area contributed by atoms with Gasteiger partial charge in [-0.2, -0.15) is 4.72 Å². The Morgan fingerprint density at radius 1 is 1.30 bits per heavy atom. The number of thioether (sulfide) groups is 1. The fourth-order valence-corrected chi connectivity index (χ4v) is 4.80. The Bertz CT molecular complexity index is 1150. The van der Waals surface area contributed by atoms with Crippen molar-refractivity contribution in [3.05, 3.63) is 48.0 Å². The number of carbonyl (C=O) groups excluding carboxylic acids is 1. The minimum atomic E-state index is -3.76. The average molecular weight is 418 g/mol. The van der Waals surface area contributed by atoms with Crippen molar-refractivity contribution in [2.45, 2.75) is 9.24 Å². The van der Waals surface area contributed by atoms with Gasteiger partial charge in [0, 0.05) is 11.3 Å². The van der Waals surface area contributed by atoms with E-state index in [-0.39, 0.29) is 17.0 Å². The highest BCUT2D eigenvalue weighted by molar-refractivity contribution is 8.00. The Hall–Kier alpha value is -2.38. The SMILES string of the molecule is C#CCNS(=O)(=O)c1cccc(C(=O)Nc2ccc3nc(SC)sc3c2)c1. The third-order valence-corrected chi connectivity index (χ3v) is 6.97. The summed E-state index contributed by atoms with van der Waals surface area (Å²) in [5.74, 6) is 1.80. The molecule has 0 aliphatic carbocycles. The minimum absolute atomic E-state index is 0.0204. The van der Waals surface area contributed by atoms with Crippen molar-refractivity contribution in [2.24, 2.45) is 0 Å². The lowest BCUT2D eigenvalue weighted by atomic mass is 10.2. The summed E-state index contributed by atoms with van der Waals surface area (Å²) in [7, 11) is -3.76. The molecule has 1 heterocycles. The van der Waals surface area contributed by atoms with Gasteiger partial charge in [0.05, 0.1) is 21.7 Å². The summed E-state index contributed by atoms with van der Waals surface area (Å²) in [5.41, 5.74) is 1.71. The largest absolute Gasteiger partial charge is 0.322 e. The lowest BCUT2D eigenvalue weighted by molar-refractivity contribution is 0.102. The fourth-order valence-electron chi connectivity index (χ4n) is 2.30. The highest BCUT2D eigenvalue weighted by Gasteiger charge is 2.16. The van der Waals surface area contributed by atoms with Crippen LogP contribution in [0.25, 0.3) is 10.2 Å². The molecular formula is C18H15N3O3S3. The maximum Gasteiger partial charge on any atom is 0.255 e. The lowest BCUT2D eigenvalue weighted by Gasteiger charge is -2.08. The molecule has 9 heteroatoms. The Labute approximate surface area is 165 Å². The number of nitrogens with one attached hydrogen (secondary N) is 2. The number of thiazole rings is 1. The van der Waals surface area contributed by atoms with Crippen molar-refractivity contribution >= 4 is 54.9 Å². The molecule has 0 radical (unpaired) electrons. The van der Waals surface area contributed by atoms with Crippen LogP contribution in [0.2, 0.25) is 0 Å². The molecule has 6 nitrogen and oxygen atoms in total. The average Bonchev–Trinajstić information content (AvgIpc) is 3.09. The molecule has 0 spiro atoms. The van der Waals surface area contributed by atoms with E-state index >= 15 is 0 Å². The maximum atomic E-state index is 12.5. The maximum absolute atomic E-state index is 12.5. The number of sulfonamides is 1. The van der Waals surface area contributed by atoms with Gasteiger partial charge in [-0.05, 0) is 42.7 Å². The molecule has 3 aromatic rings. The summed E-state index contributed by atoms with van der Waals surface area (Å²) in [6.07, 6.45) is 7.04. The summed E-state index contributed by atoms with van der Waals surface area (Å²) in [6.45, 7) is -0.119. The van der Waals surface area contributed by atoms with Gasteiger partial charge in [-0.25, -0.2) is 13.4 Å². The van der Waals surface area contributed by atoms with Crippen LogP contribution in [-0.2, 0) is 10.0 Å². The second-order valence-corrected chi connectivity index (χ2v) is 9.23. The first kappa shape index (κ1) is 19.4. The topological polar surface area (TPSA) is 88.2 Å². The molecule has 0 atom stereocenters. The highest BCUT2D eigenvalue weighted by Crippen LogP contribution is 2.30. The first-order valence-electron chi connectivity index (χ1n) is 7.72. The van der Waals surface area contributed by atoms with E-state index in [0.29, 0.717) is 5.69 Å². The molecule has 0 unspecified atom stereocenters. The lowest BCUT2D eigenvalue weighted by Crippen LogP contribution is -2.24.